The maximum Gasteiger partial charge on any atom is 0.247 e. The number of hydrogen-bond acceptors (Lipinski definition) is 3. The molecule has 0 aliphatic rings. The number of nitrogens with zero attached hydrogens (tertiary/aromatic N) is 1. The van der Waals surface area contributed by atoms with Crippen LogP contribution >= 0.6 is 0 Å². The third kappa shape index (κ3) is 5.33. The Labute approximate surface area is 156 Å². The third-order valence-electron chi connectivity index (χ3n) is 4.14. The van der Waals surface area contributed by atoms with Gasteiger partial charge in [0.25, 0.3) is 0 Å². The van der Waals surface area contributed by atoms with E-state index >= 15 is 0 Å². The molecule has 0 spiro atoms. The molecule has 0 radical (unpaired) electrons. The van der Waals surface area contributed by atoms with Gasteiger partial charge >= 0.3 is 0 Å². The normalized spacial score (nSPS) is 12.4. The van der Waals surface area contributed by atoms with Crippen molar-refractivity contribution in [3.8, 4) is 0 Å². The van der Waals surface area contributed by atoms with Crippen molar-refractivity contribution in [2.24, 2.45) is 0 Å². The highest BCUT2D eigenvalue weighted by Gasteiger charge is 2.28. The zero-order valence-corrected chi connectivity index (χ0v) is 16.3. The number of carbonyl (C=O) groups excluding carboxylic acids is 1. The number of unbranched alkanes of at least 4 members (excludes halogenated alkanes) is 1. The molecule has 140 valence electrons. The molecule has 0 bridgehead atoms. The van der Waals surface area contributed by atoms with Crippen LogP contribution in [0.1, 0.15) is 32.3 Å². The summed E-state index contributed by atoms with van der Waals surface area (Å²) in [4.78, 5) is 12.6. The Morgan fingerprint density at radius 2 is 1.69 bits per heavy atom. The smallest absolute Gasteiger partial charge is 0.247 e. The summed E-state index contributed by atoms with van der Waals surface area (Å²) in [6, 6.07) is 15.4. The lowest BCUT2D eigenvalue weighted by Gasteiger charge is -2.28. The zero-order valence-electron chi connectivity index (χ0n) is 15.5. The second-order valence-electron chi connectivity index (χ2n) is 6.36. The highest BCUT2D eigenvalue weighted by atomic mass is 32.2. The van der Waals surface area contributed by atoms with Gasteiger partial charge in [0.2, 0.25) is 15.9 Å². The molecule has 0 saturated carbocycles. The van der Waals surface area contributed by atoms with E-state index in [4.69, 9.17) is 0 Å². The maximum absolute atomic E-state index is 12.6. The quantitative estimate of drug-likeness (QED) is 0.764. The number of nitrogens with one attached hydrogen (secondary N) is 1. The van der Waals surface area contributed by atoms with E-state index in [1.807, 2.05) is 24.3 Å². The van der Waals surface area contributed by atoms with Crippen LogP contribution in [-0.4, -0.2) is 26.6 Å². The standard InChI is InChI=1S/C20H26N2O3S/c1-4-5-9-17-12-14-18(15-13-17)21-20(23)16(2)22(26(3,24)25)19-10-7-6-8-11-19/h6-8,10-16H,4-5,9H2,1-3H3,(H,21,23)/t16-/m1/s1. The van der Waals surface area contributed by atoms with Gasteiger partial charge in [-0.15, -0.1) is 0 Å². The molecule has 0 heterocycles. The van der Waals surface area contributed by atoms with Gasteiger partial charge < -0.3 is 5.32 Å². The molecule has 0 unspecified atom stereocenters. The summed E-state index contributed by atoms with van der Waals surface area (Å²) in [6.07, 6.45) is 4.38. The van der Waals surface area contributed by atoms with Crippen molar-refractivity contribution in [1.29, 1.82) is 0 Å². The number of sulfonamides is 1. The monoisotopic (exact) mass is 374 g/mol. The Morgan fingerprint density at radius 1 is 1.08 bits per heavy atom. The lowest BCUT2D eigenvalue weighted by molar-refractivity contribution is -0.116. The molecule has 0 saturated heterocycles. The van der Waals surface area contributed by atoms with E-state index in [1.165, 1.54) is 5.56 Å². The number of anilines is 2. The average Bonchev–Trinajstić information content (AvgIpc) is 2.61. The van der Waals surface area contributed by atoms with Crippen LogP contribution in [0.15, 0.2) is 54.6 Å². The van der Waals surface area contributed by atoms with E-state index in [9.17, 15) is 13.2 Å². The second-order valence-corrected chi connectivity index (χ2v) is 8.22. The molecular formula is C20H26N2O3S. The van der Waals surface area contributed by atoms with Crippen molar-refractivity contribution in [3.05, 3.63) is 60.2 Å². The Hall–Kier alpha value is -2.34. The van der Waals surface area contributed by atoms with Crippen molar-refractivity contribution in [2.75, 3.05) is 15.9 Å². The average molecular weight is 375 g/mol. The number of para-hydroxylation sites is 1. The van der Waals surface area contributed by atoms with Gasteiger partial charge in [-0.1, -0.05) is 43.7 Å². The van der Waals surface area contributed by atoms with E-state index in [0.29, 0.717) is 11.4 Å². The molecule has 1 atom stereocenters. The molecule has 0 aliphatic carbocycles. The summed E-state index contributed by atoms with van der Waals surface area (Å²) < 4.78 is 25.6. The minimum absolute atomic E-state index is 0.374. The van der Waals surface area contributed by atoms with Crippen molar-refractivity contribution in [3.63, 3.8) is 0 Å². The van der Waals surface area contributed by atoms with E-state index in [-0.39, 0.29) is 5.91 Å². The van der Waals surface area contributed by atoms with Gasteiger partial charge in [-0.05, 0) is 49.6 Å². The number of hydrogen-bond donors (Lipinski definition) is 1. The highest BCUT2D eigenvalue weighted by Crippen LogP contribution is 2.21. The molecule has 1 N–H and O–H groups in total. The van der Waals surface area contributed by atoms with Crippen molar-refractivity contribution < 1.29 is 13.2 Å². The van der Waals surface area contributed by atoms with Gasteiger partial charge in [-0.2, -0.15) is 0 Å². The minimum atomic E-state index is -3.60. The molecule has 6 heteroatoms. The Balaban J connectivity index is 2.14. The van der Waals surface area contributed by atoms with Gasteiger partial charge in [-0.3, -0.25) is 9.10 Å². The molecule has 1 amide bonds. The Morgan fingerprint density at radius 3 is 2.23 bits per heavy atom. The van der Waals surface area contributed by atoms with Crippen LogP contribution in [0, 0.1) is 0 Å². The molecule has 0 fully saturated rings. The largest absolute Gasteiger partial charge is 0.324 e. The highest BCUT2D eigenvalue weighted by molar-refractivity contribution is 7.92. The summed E-state index contributed by atoms with van der Waals surface area (Å²) in [6.45, 7) is 3.73. The summed E-state index contributed by atoms with van der Waals surface area (Å²) >= 11 is 0. The molecule has 0 aromatic heterocycles. The van der Waals surface area contributed by atoms with Gasteiger partial charge in [-0.25, -0.2) is 8.42 Å². The van der Waals surface area contributed by atoms with Crippen molar-refractivity contribution in [1.82, 2.24) is 0 Å². The van der Waals surface area contributed by atoms with Gasteiger partial charge in [0.1, 0.15) is 6.04 Å². The van der Waals surface area contributed by atoms with Crippen LogP contribution in [0.25, 0.3) is 0 Å². The topological polar surface area (TPSA) is 66.5 Å². The second kappa shape index (κ2) is 8.85. The van der Waals surface area contributed by atoms with Crippen LogP contribution in [-0.2, 0) is 21.2 Å². The molecule has 2 aromatic rings. The Kier molecular flexibility index (Phi) is 6.80. The van der Waals surface area contributed by atoms with Gasteiger partial charge in [0, 0.05) is 5.69 Å². The first-order chi connectivity index (χ1) is 12.3. The van der Waals surface area contributed by atoms with Crippen LogP contribution < -0.4 is 9.62 Å². The fourth-order valence-electron chi connectivity index (χ4n) is 2.77. The number of aryl methyl sites for hydroxylation is 1. The molecule has 0 aliphatic heterocycles. The minimum Gasteiger partial charge on any atom is -0.324 e. The fourth-order valence-corrected chi connectivity index (χ4v) is 3.94. The van der Waals surface area contributed by atoms with Crippen LogP contribution in [0.4, 0.5) is 11.4 Å². The molecule has 26 heavy (non-hydrogen) atoms. The fraction of sp³-hybridized carbons (Fsp3) is 0.350. The lowest BCUT2D eigenvalue weighted by Crippen LogP contribution is -2.45. The molecule has 2 aromatic carbocycles. The maximum atomic E-state index is 12.6. The lowest BCUT2D eigenvalue weighted by atomic mass is 10.1. The third-order valence-corrected chi connectivity index (χ3v) is 5.38. The van der Waals surface area contributed by atoms with Crippen LogP contribution in [0.5, 0.6) is 0 Å². The molecular weight excluding hydrogens is 348 g/mol. The summed E-state index contributed by atoms with van der Waals surface area (Å²) in [5.41, 5.74) is 2.34. The first-order valence-electron chi connectivity index (χ1n) is 8.77. The molecule has 2 rings (SSSR count). The Bertz CT molecular complexity index is 818. The summed E-state index contributed by atoms with van der Waals surface area (Å²) in [7, 11) is -3.60. The van der Waals surface area contributed by atoms with Gasteiger partial charge in [0.05, 0.1) is 11.9 Å². The number of rotatable bonds is 8. The van der Waals surface area contributed by atoms with E-state index in [1.54, 1.807) is 37.3 Å². The molecule has 5 nitrogen and oxygen atoms in total. The van der Waals surface area contributed by atoms with Crippen LogP contribution in [0.2, 0.25) is 0 Å². The summed E-state index contributed by atoms with van der Waals surface area (Å²) in [5.74, 6) is -0.374. The first kappa shape index (κ1) is 20.0. The van der Waals surface area contributed by atoms with Crippen LogP contribution in [0.3, 0.4) is 0 Å². The van der Waals surface area contributed by atoms with Gasteiger partial charge in [0.15, 0.2) is 0 Å². The van der Waals surface area contributed by atoms with E-state index < -0.39 is 16.1 Å². The number of benzene rings is 2. The zero-order chi connectivity index (χ0) is 19.2. The SMILES string of the molecule is CCCCc1ccc(NC(=O)[C@@H](C)N(c2ccccc2)S(C)(=O)=O)cc1. The predicted molar refractivity (Wildman–Crippen MR) is 107 cm³/mol. The first-order valence-corrected chi connectivity index (χ1v) is 10.6. The van der Waals surface area contributed by atoms with Crippen molar-refractivity contribution >= 4 is 27.3 Å². The van der Waals surface area contributed by atoms with E-state index in [0.717, 1.165) is 29.8 Å². The van der Waals surface area contributed by atoms with Crippen molar-refractivity contribution in [2.45, 2.75) is 39.2 Å². The van der Waals surface area contributed by atoms with E-state index in [2.05, 4.69) is 12.2 Å². The summed E-state index contributed by atoms with van der Waals surface area (Å²) in [5, 5.41) is 2.80. The number of amides is 1. The number of carbonyl (C=O) groups is 1. The predicted octanol–water partition coefficient (Wildman–Crippen LogP) is 3.82.